The van der Waals surface area contributed by atoms with E-state index in [0.29, 0.717) is 6.47 Å². The van der Waals surface area contributed by atoms with Crippen molar-refractivity contribution < 1.29 is 22.7 Å². The molecule has 2 rings (SSSR count). The monoisotopic (exact) mass is 399 g/mol. The number of carbonyl (C=O) groups excluding carboxylic acids is 1. The van der Waals surface area contributed by atoms with Gasteiger partial charge in [-0.3, -0.25) is 9.48 Å². The molecular formula is C14H21BrF3N3O2. The van der Waals surface area contributed by atoms with Crippen molar-refractivity contribution in [2.24, 2.45) is 0 Å². The molecule has 1 aromatic heterocycles. The Balaban J connectivity index is 0.000000322. The molecule has 2 heterocycles. The molecule has 1 fully saturated rings. The lowest BCUT2D eigenvalue weighted by molar-refractivity contribution is -0.142. The predicted octanol–water partition coefficient (Wildman–Crippen LogP) is 3.55. The maximum Gasteiger partial charge on any atom is 0.436 e. The quantitative estimate of drug-likeness (QED) is 0.772. The first-order chi connectivity index (χ1) is 10.5. The molecule has 0 atom stereocenters. The minimum Gasteiger partial charge on any atom is -0.462 e. The summed E-state index contributed by atoms with van der Waals surface area (Å²) in [5, 5.41) is 6.78. The van der Waals surface area contributed by atoms with Crippen LogP contribution in [0.3, 0.4) is 0 Å². The first-order valence-electron chi connectivity index (χ1n) is 7.18. The van der Waals surface area contributed by atoms with Crippen LogP contribution in [-0.4, -0.2) is 34.9 Å². The molecule has 23 heavy (non-hydrogen) atoms. The Kier molecular flexibility index (Phi) is 7.06. The van der Waals surface area contributed by atoms with Crippen LogP contribution in [0.1, 0.15) is 45.3 Å². The van der Waals surface area contributed by atoms with Crippen LogP contribution in [0.5, 0.6) is 0 Å². The minimum atomic E-state index is -4.39. The van der Waals surface area contributed by atoms with Crippen molar-refractivity contribution in [2.75, 3.05) is 13.1 Å². The summed E-state index contributed by atoms with van der Waals surface area (Å²) in [6.07, 6.45) is -1.35. The predicted molar refractivity (Wildman–Crippen MR) is 83.0 cm³/mol. The fourth-order valence-electron chi connectivity index (χ4n) is 1.96. The van der Waals surface area contributed by atoms with Gasteiger partial charge in [-0.05, 0) is 62.6 Å². The molecule has 1 N–H and O–H groups in total. The standard InChI is InChI=1S/C9H11BrF3N3.C5H10O2/c10-7-5-16(6-1-3-14-4-2-6)15-8(7)9(11,12)13;1-5(2,3)7-4-6/h5-6,14H,1-4H2;4H,1-3H3. The van der Waals surface area contributed by atoms with Crippen molar-refractivity contribution in [3.05, 3.63) is 16.4 Å². The third-order valence-electron chi connectivity index (χ3n) is 3.04. The molecule has 9 heteroatoms. The molecule has 1 saturated heterocycles. The number of hydrogen-bond acceptors (Lipinski definition) is 4. The number of rotatable bonds is 2. The number of piperidine rings is 1. The Morgan fingerprint density at radius 2 is 1.91 bits per heavy atom. The van der Waals surface area contributed by atoms with E-state index in [4.69, 9.17) is 0 Å². The highest BCUT2D eigenvalue weighted by Crippen LogP contribution is 2.34. The lowest BCUT2D eigenvalue weighted by atomic mass is 10.1. The molecule has 0 spiro atoms. The van der Waals surface area contributed by atoms with Gasteiger partial charge in [0, 0.05) is 6.20 Å². The normalized spacial score (nSPS) is 16.5. The van der Waals surface area contributed by atoms with Gasteiger partial charge in [0.05, 0.1) is 10.5 Å². The second kappa shape index (κ2) is 8.14. The molecule has 0 amide bonds. The first kappa shape index (κ1) is 20.0. The number of halogens is 4. The van der Waals surface area contributed by atoms with E-state index in [9.17, 15) is 18.0 Å². The van der Waals surface area contributed by atoms with Crippen LogP contribution >= 0.6 is 15.9 Å². The molecule has 0 aliphatic carbocycles. The van der Waals surface area contributed by atoms with Crippen molar-refractivity contribution in [3.63, 3.8) is 0 Å². The van der Waals surface area contributed by atoms with Crippen molar-refractivity contribution >= 4 is 22.4 Å². The summed E-state index contributed by atoms with van der Waals surface area (Å²) in [5.41, 5.74) is -1.16. The summed E-state index contributed by atoms with van der Waals surface area (Å²) in [6.45, 7) is 7.57. The largest absolute Gasteiger partial charge is 0.462 e. The molecule has 0 radical (unpaired) electrons. The van der Waals surface area contributed by atoms with Crippen LogP contribution in [0.15, 0.2) is 10.7 Å². The van der Waals surface area contributed by atoms with E-state index >= 15 is 0 Å². The summed E-state index contributed by atoms with van der Waals surface area (Å²) in [4.78, 5) is 9.60. The highest BCUT2D eigenvalue weighted by molar-refractivity contribution is 9.10. The van der Waals surface area contributed by atoms with Crippen molar-refractivity contribution in [3.8, 4) is 0 Å². The number of alkyl halides is 3. The lowest BCUT2D eigenvalue weighted by Crippen LogP contribution is -2.29. The van der Waals surface area contributed by atoms with Crippen LogP contribution in [0.2, 0.25) is 0 Å². The highest BCUT2D eigenvalue weighted by Gasteiger charge is 2.37. The molecule has 0 saturated carbocycles. The number of ether oxygens (including phenoxy) is 1. The Labute approximate surface area is 141 Å². The van der Waals surface area contributed by atoms with Gasteiger partial charge in [0.25, 0.3) is 6.47 Å². The molecular weight excluding hydrogens is 379 g/mol. The molecule has 0 aromatic carbocycles. The van der Waals surface area contributed by atoms with Gasteiger partial charge < -0.3 is 10.1 Å². The second-order valence-corrected chi connectivity index (χ2v) is 6.97. The van der Waals surface area contributed by atoms with E-state index in [2.05, 4.69) is 31.1 Å². The molecule has 132 valence electrons. The molecule has 1 aliphatic rings. The number of hydrogen-bond donors (Lipinski definition) is 1. The Morgan fingerprint density at radius 1 is 1.35 bits per heavy atom. The van der Waals surface area contributed by atoms with Crippen LogP contribution in [0.25, 0.3) is 0 Å². The van der Waals surface area contributed by atoms with Gasteiger partial charge >= 0.3 is 6.18 Å². The van der Waals surface area contributed by atoms with E-state index in [1.165, 1.54) is 10.9 Å². The summed E-state index contributed by atoms with van der Waals surface area (Å²) in [5.74, 6) is 0. The Hall–Kier alpha value is -1.09. The molecule has 1 aromatic rings. The van der Waals surface area contributed by atoms with E-state index in [1.54, 1.807) is 0 Å². The zero-order chi connectivity index (χ0) is 17.7. The molecule has 0 bridgehead atoms. The van der Waals surface area contributed by atoms with Gasteiger partial charge in [-0.1, -0.05) is 0 Å². The average molecular weight is 400 g/mol. The SMILES string of the molecule is CC(C)(C)OC=O.FC(F)(F)c1nn(C2CCNCC2)cc1Br. The van der Waals surface area contributed by atoms with Crippen LogP contribution < -0.4 is 5.32 Å². The first-order valence-corrected chi connectivity index (χ1v) is 7.98. The highest BCUT2D eigenvalue weighted by atomic mass is 79.9. The third kappa shape index (κ3) is 6.90. The molecule has 1 aliphatic heterocycles. The smallest absolute Gasteiger partial charge is 0.436 e. The van der Waals surface area contributed by atoms with Gasteiger partial charge in [-0.25, -0.2) is 0 Å². The van der Waals surface area contributed by atoms with Crippen molar-refractivity contribution in [2.45, 2.75) is 51.4 Å². The maximum atomic E-state index is 12.5. The van der Waals surface area contributed by atoms with E-state index < -0.39 is 11.9 Å². The van der Waals surface area contributed by atoms with Gasteiger partial charge in [0.2, 0.25) is 0 Å². The van der Waals surface area contributed by atoms with Crippen molar-refractivity contribution in [1.29, 1.82) is 0 Å². The van der Waals surface area contributed by atoms with Gasteiger partial charge in [-0.2, -0.15) is 18.3 Å². The number of nitrogens with one attached hydrogen (secondary N) is 1. The van der Waals surface area contributed by atoms with Crippen molar-refractivity contribution in [1.82, 2.24) is 15.1 Å². The molecule has 0 unspecified atom stereocenters. The number of carbonyl (C=O) groups is 1. The topological polar surface area (TPSA) is 56.1 Å². The Morgan fingerprint density at radius 3 is 2.26 bits per heavy atom. The third-order valence-corrected chi connectivity index (χ3v) is 3.62. The summed E-state index contributed by atoms with van der Waals surface area (Å²) in [6, 6.07) is 0.0636. The van der Waals surface area contributed by atoms with Crippen LogP contribution in [0, 0.1) is 0 Å². The fraction of sp³-hybridized carbons (Fsp3) is 0.714. The zero-order valence-electron chi connectivity index (χ0n) is 13.3. The summed E-state index contributed by atoms with van der Waals surface area (Å²) < 4.78 is 43.5. The van der Waals surface area contributed by atoms with Gasteiger partial charge in [0.1, 0.15) is 5.60 Å². The number of nitrogens with zero attached hydrogens (tertiary/aromatic N) is 2. The second-order valence-electron chi connectivity index (χ2n) is 6.11. The maximum absolute atomic E-state index is 12.5. The van der Waals surface area contributed by atoms with Gasteiger partial charge in [0.15, 0.2) is 5.69 Å². The fourth-order valence-corrected chi connectivity index (χ4v) is 2.48. The number of aromatic nitrogens is 2. The minimum absolute atomic E-state index is 0.0125. The Bertz CT molecular complexity index is 506. The van der Waals surface area contributed by atoms with E-state index in [1.807, 2.05) is 20.8 Å². The average Bonchev–Trinajstić information content (AvgIpc) is 2.81. The van der Waals surface area contributed by atoms with Crippen LogP contribution in [0.4, 0.5) is 13.2 Å². The molecule has 5 nitrogen and oxygen atoms in total. The van der Waals surface area contributed by atoms with Crippen LogP contribution in [-0.2, 0) is 15.7 Å². The summed E-state index contributed by atoms with van der Waals surface area (Å²) in [7, 11) is 0. The summed E-state index contributed by atoms with van der Waals surface area (Å²) >= 11 is 2.90. The zero-order valence-corrected chi connectivity index (χ0v) is 14.9. The lowest BCUT2D eigenvalue weighted by Gasteiger charge is -2.22. The van der Waals surface area contributed by atoms with E-state index in [0.717, 1.165) is 25.9 Å². The van der Waals surface area contributed by atoms with Gasteiger partial charge in [-0.15, -0.1) is 0 Å². The van der Waals surface area contributed by atoms with E-state index in [-0.39, 0.29) is 16.1 Å².